The van der Waals surface area contributed by atoms with Gasteiger partial charge in [0.25, 0.3) is 0 Å². The second-order valence-corrected chi connectivity index (χ2v) is 4.02. The minimum absolute atomic E-state index is 1.00. The zero-order valence-corrected chi connectivity index (χ0v) is 11.0. The summed E-state index contributed by atoms with van der Waals surface area (Å²) in [7, 11) is -3.64. The Morgan fingerprint density at radius 3 is 1.20 bits per heavy atom. The highest BCUT2D eigenvalue weighted by molar-refractivity contribution is 7.45. The first-order valence-electron chi connectivity index (χ1n) is 4.40. The Morgan fingerprint density at radius 1 is 0.900 bits per heavy atom. The molecule has 120 valence electrons. The van der Waals surface area contributed by atoms with Crippen LogP contribution >= 0.6 is 7.82 Å². The Bertz CT molecular complexity index is 346. The molecule has 0 fully saturated rings. The van der Waals surface area contributed by atoms with E-state index in [2.05, 4.69) is 0 Å². The summed E-state index contributed by atoms with van der Waals surface area (Å²) in [6.45, 7) is 0. The van der Waals surface area contributed by atoms with Crippen molar-refractivity contribution in [1.82, 2.24) is 0 Å². The molecular weight excluding hydrogens is 307 g/mol. The summed E-state index contributed by atoms with van der Waals surface area (Å²) in [5, 5.41) is 40.8. The minimum atomic E-state index is -4.64. The zero-order chi connectivity index (χ0) is 17.1. The molecule has 0 heterocycles. The van der Waals surface area contributed by atoms with Gasteiger partial charge >= 0.3 is 25.7 Å². The lowest BCUT2D eigenvalue weighted by Gasteiger charge is -2.18. The molecule has 0 aliphatic rings. The van der Waals surface area contributed by atoms with E-state index < -0.39 is 44.2 Å². The smallest absolute Gasteiger partial charge is 0.466 e. The van der Waals surface area contributed by atoms with Gasteiger partial charge in [-0.1, -0.05) is 0 Å². The first kappa shape index (κ1) is 23.5. The van der Waals surface area contributed by atoms with Crippen LogP contribution in [0.4, 0.5) is 0 Å². The van der Waals surface area contributed by atoms with Crippen LogP contribution < -0.4 is 0 Å². The Morgan fingerprint density at radius 2 is 1.10 bits per heavy atom. The van der Waals surface area contributed by atoms with Crippen molar-refractivity contribution in [2.45, 2.75) is 18.4 Å². The number of hydrogen-bond donors (Lipinski definition) is 8. The third kappa shape index (κ3) is 18.8. The van der Waals surface area contributed by atoms with Crippen molar-refractivity contribution in [3.8, 4) is 0 Å². The van der Waals surface area contributed by atoms with E-state index in [0.29, 0.717) is 0 Å². The molecule has 0 unspecified atom stereocenters. The lowest BCUT2D eigenvalue weighted by Crippen LogP contribution is -2.42. The standard InChI is InChI=1S/C6H8O7.CH4O.H3O4P/c7-3(8)1-6(13,5(11)12)2-4(9)10;1-2;1-5(2,3)4/h13H,1-2H2,(H,7,8)(H,9,10)(H,11,12);2H,1H3;(H3,1,2,3,4). The van der Waals surface area contributed by atoms with E-state index in [1.807, 2.05) is 0 Å². The second-order valence-electron chi connectivity index (χ2n) is 2.99. The monoisotopic (exact) mass is 322 g/mol. The van der Waals surface area contributed by atoms with Crippen molar-refractivity contribution in [2.24, 2.45) is 0 Å². The Labute approximate surface area is 111 Å². The molecule has 0 aliphatic heterocycles. The van der Waals surface area contributed by atoms with Gasteiger partial charge in [0.1, 0.15) is 0 Å². The molecule has 0 radical (unpaired) electrons. The Hall–Kier alpha value is -1.56. The van der Waals surface area contributed by atoms with Crippen LogP contribution in [0.15, 0.2) is 0 Å². The van der Waals surface area contributed by atoms with Gasteiger partial charge in [-0.15, -0.1) is 0 Å². The van der Waals surface area contributed by atoms with Crippen molar-refractivity contribution in [3.05, 3.63) is 0 Å². The normalized spacial score (nSPS) is 10.3. The number of aliphatic hydroxyl groups is 2. The van der Waals surface area contributed by atoms with Crippen LogP contribution in [0.5, 0.6) is 0 Å². The molecule has 0 atom stereocenters. The predicted molar refractivity (Wildman–Crippen MR) is 59.5 cm³/mol. The minimum Gasteiger partial charge on any atom is -0.481 e. The van der Waals surface area contributed by atoms with Gasteiger partial charge in [0, 0.05) is 7.11 Å². The Balaban J connectivity index is -0.000000346. The number of hydrogen-bond acceptors (Lipinski definition) is 6. The van der Waals surface area contributed by atoms with Crippen LogP contribution in [0, 0.1) is 0 Å². The number of carboxylic acid groups (broad SMARTS) is 3. The molecule has 0 bridgehead atoms. The molecule has 0 saturated carbocycles. The molecule has 8 N–H and O–H groups in total. The van der Waals surface area contributed by atoms with E-state index in [9.17, 15) is 14.4 Å². The fourth-order valence-electron chi connectivity index (χ4n) is 0.714. The maximum Gasteiger partial charge on any atom is 0.466 e. The highest BCUT2D eigenvalue weighted by Gasteiger charge is 2.40. The second kappa shape index (κ2) is 10.3. The summed E-state index contributed by atoms with van der Waals surface area (Å²) in [6, 6.07) is 0. The average Bonchev–Trinajstić information content (AvgIpc) is 2.14. The maximum atomic E-state index is 10.3. The van der Waals surface area contributed by atoms with E-state index in [0.717, 1.165) is 7.11 Å². The van der Waals surface area contributed by atoms with Crippen molar-refractivity contribution in [3.63, 3.8) is 0 Å². The van der Waals surface area contributed by atoms with Gasteiger partial charge in [-0.25, -0.2) is 9.36 Å². The molecule has 0 spiro atoms. The number of aliphatic carboxylic acids is 3. The number of phosphoric acid groups is 1. The summed E-state index contributed by atoms with van der Waals surface area (Å²) < 4.78 is 8.88. The van der Waals surface area contributed by atoms with Gasteiger partial charge in [0.05, 0.1) is 12.8 Å². The number of aliphatic hydroxyl groups excluding tert-OH is 1. The van der Waals surface area contributed by atoms with Gasteiger partial charge in [0.2, 0.25) is 0 Å². The SMILES string of the molecule is CO.O=C(O)CC(O)(CC(=O)O)C(=O)O.O=P(O)(O)O. The highest BCUT2D eigenvalue weighted by atomic mass is 31.2. The van der Waals surface area contributed by atoms with Crippen molar-refractivity contribution >= 4 is 25.7 Å². The van der Waals surface area contributed by atoms with Gasteiger partial charge in [-0.2, -0.15) is 0 Å². The first-order valence-corrected chi connectivity index (χ1v) is 5.97. The van der Waals surface area contributed by atoms with E-state index >= 15 is 0 Å². The Kier molecular flexibility index (Phi) is 12.1. The molecule has 20 heavy (non-hydrogen) atoms. The van der Waals surface area contributed by atoms with Crippen LogP contribution in [-0.2, 0) is 18.9 Å². The van der Waals surface area contributed by atoms with Crippen molar-refractivity contribution < 1.29 is 59.2 Å². The molecule has 12 nitrogen and oxygen atoms in total. The lowest BCUT2D eigenvalue weighted by atomic mass is 9.96. The van der Waals surface area contributed by atoms with E-state index in [1.165, 1.54) is 0 Å². The van der Waals surface area contributed by atoms with Crippen molar-refractivity contribution in [1.29, 1.82) is 0 Å². The first-order chi connectivity index (χ1) is 8.78. The summed E-state index contributed by atoms with van der Waals surface area (Å²) >= 11 is 0. The third-order valence-electron chi connectivity index (χ3n) is 1.29. The average molecular weight is 322 g/mol. The summed E-state index contributed by atoms with van der Waals surface area (Å²) in [5.41, 5.74) is -2.74. The zero-order valence-electron chi connectivity index (χ0n) is 10.1. The van der Waals surface area contributed by atoms with Gasteiger partial charge < -0.3 is 40.2 Å². The molecule has 0 aromatic carbocycles. The molecule has 0 aromatic heterocycles. The van der Waals surface area contributed by atoms with E-state index in [4.69, 9.17) is 44.8 Å². The topological polar surface area (TPSA) is 230 Å². The quantitative estimate of drug-likeness (QED) is 0.244. The lowest BCUT2D eigenvalue weighted by molar-refractivity contribution is -0.170. The fourth-order valence-corrected chi connectivity index (χ4v) is 0.714. The number of carboxylic acids is 3. The summed E-state index contributed by atoms with van der Waals surface area (Å²) in [4.78, 5) is 52.0. The van der Waals surface area contributed by atoms with Crippen molar-refractivity contribution in [2.75, 3.05) is 7.11 Å². The van der Waals surface area contributed by atoms with Crippen LogP contribution in [0.25, 0.3) is 0 Å². The maximum absolute atomic E-state index is 10.3. The van der Waals surface area contributed by atoms with Crippen LogP contribution in [0.1, 0.15) is 12.8 Å². The molecule has 0 aromatic rings. The third-order valence-corrected chi connectivity index (χ3v) is 1.29. The highest BCUT2D eigenvalue weighted by Crippen LogP contribution is 2.25. The molecule has 13 heteroatoms. The summed E-state index contributed by atoms with van der Waals surface area (Å²) in [6.07, 6.45) is -2.29. The van der Waals surface area contributed by atoms with Gasteiger partial charge in [-0.05, 0) is 0 Å². The largest absolute Gasteiger partial charge is 0.481 e. The molecule has 0 amide bonds. The van der Waals surface area contributed by atoms with Crippen LogP contribution in [0.2, 0.25) is 0 Å². The molecular formula is C7H15O12P. The van der Waals surface area contributed by atoms with Gasteiger partial charge in [-0.3, -0.25) is 9.59 Å². The summed E-state index contributed by atoms with van der Waals surface area (Å²) in [5.74, 6) is -5.02. The van der Waals surface area contributed by atoms with Gasteiger partial charge in [0.15, 0.2) is 5.60 Å². The van der Waals surface area contributed by atoms with E-state index in [-0.39, 0.29) is 0 Å². The van der Waals surface area contributed by atoms with E-state index in [1.54, 1.807) is 0 Å². The number of carbonyl (C=O) groups is 3. The van der Waals surface area contributed by atoms with Crippen LogP contribution in [-0.4, -0.2) is 70.8 Å². The predicted octanol–water partition coefficient (Wildman–Crippen LogP) is -2.57. The molecule has 0 rings (SSSR count). The fraction of sp³-hybridized carbons (Fsp3) is 0.571. The number of rotatable bonds is 5. The molecule has 0 saturated heterocycles. The molecule has 0 aliphatic carbocycles. The van der Waals surface area contributed by atoms with Crippen LogP contribution in [0.3, 0.4) is 0 Å².